The molecule has 5 nitrogen and oxygen atoms in total. The number of nitrogens with one attached hydrogen (secondary N) is 1. The third-order valence-electron chi connectivity index (χ3n) is 4.60. The average Bonchev–Trinajstić information content (AvgIpc) is 2.65. The van der Waals surface area contributed by atoms with Gasteiger partial charge in [-0.1, -0.05) is 22.4 Å². The van der Waals surface area contributed by atoms with Crippen LogP contribution in [-0.2, 0) is 14.8 Å². The van der Waals surface area contributed by atoms with Gasteiger partial charge in [-0.25, -0.2) is 12.8 Å². The van der Waals surface area contributed by atoms with Crippen molar-refractivity contribution < 1.29 is 17.6 Å². The molecule has 0 aliphatic carbocycles. The molecule has 2 aromatic carbocycles. The summed E-state index contributed by atoms with van der Waals surface area (Å²) in [6, 6.07) is 9.29. The van der Waals surface area contributed by atoms with Crippen molar-refractivity contribution in [1.82, 2.24) is 4.31 Å². The zero-order valence-corrected chi connectivity index (χ0v) is 17.2. The van der Waals surface area contributed by atoms with Crippen LogP contribution in [0.3, 0.4) is 0 Å². The van der Waals surface area contributed by atoms with Gasteiger partial charge in [0.05, 0.1) is 4.90 Å². The third-order valence-corrected chi connectivity index (χ3v) is 7.41. The van der Waals surface area contributed by atoms with E-state index in [0.717, 1.165) is 28.6 Å². The second kappa shape index (κ2) is 8.08. The fourth-order valence-corrected chi connectivity index (χ4v) is 5.05. The van der Waals surface area contributed by atoms with Gasteiger partial charge in [-0.15, -0.1) is 0 Å². The van der Waals surface area contributed by atoms with E-state index >= 15 is 0 Å². The van der Waals surface area contributed by atoms with Gasteiger partial charge in [0.15, 0.2) is 0 Å². The molecule has 1 amide bonds. The lowest BCUT2D eigenvalue weighted by Gasteiger charge is -2.33. The summed E-state index contributed by atoms with van der Waals surface area (Å²) in [5, 5.41) is 2.82. The number of hydrogen-bond donors (Lipinski definition) is 1. The molecule has 2 aromatic rings. The lowest BCUT2D eigenvalue weighted by Crippen LogP contribution is -2.49. The van der Waals surface area contributed by atoms with Crippen molar-refractivity contribution in [2.45, 2.75) is 37.1 Å². The van der Waals surface area contributed by atoms with E-state index in [4.69, 9.17) is 0 Å². The molecule has 1 fully saturated rings. The number of aryl methyl sites for hydroxylation is 1. The Morgan fingerprint density at radius 3 is 2.56 bits per heavy atom. The van der Waals surface area contributed by atoms with Gasteiger partial charge >= 0.3 is 0 Å². The van der Waals surface area contributed by atoms with Crippen LogP contribution in [0.15, 0.2) is 51.8 Å². The average molecular weight is 455 g/mol. The Balaban J connectivity index is 1.85. The number of rotatable bonds is 4. The Morgan fingerprint density at radius 1 is 1.19 bits per heavy atom. The first kappa shape index (κ1) is 20.0. The van der Waals surface area contributed by atoms with E-state index < -0.39 is 21.9 Å². The van der Waals surface area contributed by atoms with Gasteiger partial charge in [0, 0.05) is 16.7 Å². The molecule has 1 unspecified atom stereocenters. The van der Waals surface area contributed by atoms with E-state index in [-0.39, 0.29) is 17.3 Å². The molecule has 1 aliphatic heterocycles. The molecule has 144 valence electrons. The molecule has 0 radical (unpaired) electrons. The maximum Gasteiger partial charge on any atom is 0.243 e. The van der Waals surface area contributed by atoms with Crippen LogP contribution in [0.4, 0.5) is 10.1 Å². The molecular formula is C19H20BrFN2O3S. The molecule has 0 bridgehead atoms. The van der Waals surface area contributed by atoms with E-state index in [1.54, 1.807) is 6.07 Å². The van der Waals surface area contributed by atoms with Crippen LogP contribution < -0.4 is 5.32 Å². The van der Waals surface area contributed by atoms with Gasteiger partial charge in [0.2, 0.25) is 15.9 Å². The minimum Gasteiger partial charge on any atom is -0.325 e. The minimum absolute atomic E-state index is 0.0110. The van der Waals surface area contributed by atoms with Gasteiger partial charge in [0.25, 0.3) is 0 Å². The van der Waals surface area contributed by atoms with E-state index in [1.165, 1.54) is 16.4 Å². The molecule has 8 heteroatoms. The predicted octanol–water partition coefficient (Wildman–Crippen LogP) is 4.08. The van der Waals surface area contributed by atoms with Crippen LogP contribution >= 0.6 is 15.9 Å². The zero-order valence-electron chi connectivity index (χ0n) is 14.8. The second-order valence-electron chi connectivity index (χ2n) is 6.53. The summed E-state index contributed by atoms with van der Waals surface area (Å²) in [6.45, 7) is 2.17. The summed E-state index contributed by atoms with van der Waals surface area (Å²) in [4.78, 5) is 12.8. The van der Waals surface area contributed by atoms with E-state index in [2.05, 4.69) is 21.2 Å². The topological polar surface area (TPSA) is 66.5 Å². The lowest BCUT2D eigenvalue weighted by molar-refractivity contribution is -0.120. The number of anilines is 1. The fraction of sp³-hybridized carbons (Fsp3) is 0.316. The van der Waals surface area contributed by atoms with Crippen molar-refractivity contribution >= 4 is 37.5 Å². The van der Waals surface area contributed by atoms with E-state index in [0.29, 0.717) is 18.5 Å². The molecule has 1 heterocycles. The van der Waals surface area contributed by atoms with Crippen molar-refractivity contribution in [2.24, 2.45) is 0 Å². The number of halogens is 2. The Bertz CT molecular complexity index is 948. The number of carbonyl (C=O) groups excluding carboxylic acids is 1. The van der Waals surface area contributed by atoms with Crippen LogP contribution in [0, 0.1) is 12.7 Å². The van der Waals surface area contributed by atoms with Crippen molar-refractivity contribution in [3.05, 3.63) is 58.3 Å². The van der Waals surface area contributed by atoms with Crippen LogP contribution in [0.25, 0.3) is 0 Å². The lowest BCUT2D eigenvalue weighted by atomic mass is 10.0. The van der Waals surface area contributed by atoms with E-state index in [1.807, 2.05) is 19.1 Å². The standard InChI is InChI=1S/C19H20BrFN2O3S/c1-13-12-15(7-10-17(13)20)22-19(24)18-4-2-3-11-23(18)27(25,26)16-8-5-14(21)6-9-16/h5-10,12,18H,2-4,11H2,1H3,(H,22,24). The SMILES string of the molecule is Cc1cc(NC(=O)C2CCCCN2S(=O)(=O)c2ccc(F)cc2)ccc1Br. The minimum atomic E-state index is -3.88. The van der Waals surface area contributed by atoms with Crippen molar-refractivity contribution in [3.8, 4) is 0 Å². The highest BCUT2D eigenvalue weighted by Crippen LogP contribution is 2.27. The number of benzene rings is 2. The molecule has 1 N–H and O–H groups in total. The molecule has 3 rings (SSSR count). The number of amides is 1. The van der Waals surface area contributed by atoms with Crippen LogP contribution in [0.5, 0.6) is 0 Å². The van der Waals surface area contributed by atoms with Crippen molar-refractivity contribution in [2.75, 3.05) is 11.9 Å². The Hall–Kier alpha value is -1.77. The number of nitrogens with zero attached hydrogens (tertiary/aromatic N) is 1. The Morgan fingerprint density at radius 2 is 1.89 bits per heavy atom. The highest BCUT2D eigenvalue weighted by atomic mass is 79.9. The number of hydrogen-bond acceptors (Lipinski definition) is 3. The van der Waals surface area contributed by atoms with Crippen LogP contribution in [-0.4, -0.2) is 31.2 Å². The molecule has 0 aromatic heterocycles. The molecular weight excluding hydrogens is 435 g/mol. The summed E-state index contributed by atoms with van der Waals surface area (Å²) in [7, 11) is -3.88. The largest absolute Gasteiger partial charge is 0.325 e. The smallest absolute Gasteiger partial charge is 0.243 e. The maximum atomic E-state index is 13.1. The first-order chi connectivity index (χ1) is 12.8. The highest BCUT2D eigenvalue weighted by Gasteiger charge is 2.37. The van der Waals surface area contributed by atoms with Crippen molar-refractivity contribution in [3.63, 3.8) is 0 Å². The molecule has 1 aliphatic rings. The summed E-state index contributed by atoms with van der Waals surface area (Å²) in [5.41, 5.74) is 1.58. The summed E-state index contributed by atoms with van der Waals surface area (Å²) in [6.07, 6.45) is 1.90. The first-order valence-electron chi connectivity index (χ1n) is 8.63. The van der Waals surface area contributed by atoms with Crippen molar-refractivity contribution in [1.29, 1.82) is 0 Å². The molecule has 1 saturated heterocycles. The van der Waals surface area contributed by atoms with E-state index in [9.17, 15) is 17.6 Å². The number of sulfonamides is 1. The number of piperidine rings is 1. The van der Waals surface area contributed by atoms with Gasteiger partial charge < -0.3 is 5.32 Å². The number of carbonyl (C=O) groups is 1. The quantitative estimate of drug-likeness (QED) is 0.756. The van der Waals surface area contributed by atoms with Crippen LogP contribution in [0.1, 0.15) is 24.8 Å². The molecule has 0 saturated carbocycles. The summed E-state index contributed by atoms with van der Waals surface area (Å²) in [5.74, 6) is -0.866. The summed E-state index contributed by atoms with van der Waals surface area (Å²) >= 11 is 3.41. The van der Waals surface area contributed by atoms with Gasteiger partial charge in [-0.05, 0) is 67.8 Å². The monoisotopic (exact) mass is 454 g/mol. The van der Waals surface area contributed by atoms with Crippen LogP contribution in [0.2, 0.25) is 0 Å². The maximum absolute atomic E-state index is 13.1. The second-order valence-corrected chi connectivity index (χ2v) is 9.28. The third kappa shape index (κ3) is 4.39. The zero-order chi connectivity index (χ0) is 19.6. The fourth-order valence-electron chi connectivity index (χ4n) is 3.14. The van der Waals surface area contributed by atoms with Gasteiger partial charge in [-0.2, -0.15) is 4.31 Å². The Labute approximate surface area is 166 Å². The molecule has 0 spiro atoms. The first-order valence-corrected chi connectivity index (χ1v) is 10.9. The highest BCUT2D eigenvalue weighted by molar-refractivity contribution is 9.10. The molecule has 1 atom stereocenters. The molecule has 27 heavy (non-hydrogen) atoms. The predicted molar refractivity (Wildman–Crippen MR) is 105 cm³/mol. The Kier molecular flexibility index (Phi) is 5.98. The normalized spacial score (nSPS) is 18.3. The van der Waals surface area contributed by atoms with Gasteiger partial charge in [-0.3, -0.25) is 4.79 Å². The summed E-state index contributed by atoms with van der Waals surface area (Å²) < 4.78 is 41.3. The van der Waals surface area contributed by atoms with Gasteiger partial charge in [0.1, 0.15) is 11.9 Å².